The molecule has 1 N–H and O–H groups in total. The van der Waals surface area contributed by atoms with Crippen LogP contribution in [0.3, 0.4) is 0 Å². The largest absolute Gasteiger partial charge is 0.465 e. The Kier molecular flexibility index (Phi) is 5.62. The quantitative estimate of drug-likeness (QED) is 0.790. The highest BCUT2D eigenvalue weighted by Crippen LogP contribution is 2.24. The summed E-state index contributed by atoms with van der Waals surface area (Å²) in [5, 5.41) is 11.2. The second kappa shape index (κ2) is 8.09. The SMILES string of the molecule is COC(=O)c1ccc(NC[C@H](c2ccc(C)o2)N2CCOCC2)nn1. The van der Waals surface area contributed by atoms with Crippen LogP contribution >= 0.6 is 0 Å². The lowest BCUT2D eigenvalue weighted by Gasteiger charge is -2.33. The van der Waals surface area contributed by atoms with Gasteiger partial charge in [0.1, 0.15) is 17.3 Å². The van der Waals surface area contributed by atoms with Crippen molar-refractivity contribution < 1.29 is 18.7 Å². The topological polar surface area (TPSA) is 89.7 Å². The predicted octanol–water partition coefficient (Wildman–Crippen LogP) is 1.65. The predicted molar refractivity (Wildman–Crippen MR) is 90.4 cm³/mol. The number of esters is 1. The van der Waals surface area contributed by atoms with Gasteiger partial charge in [-0.25, -0.2) is 4.79 Å². The molecule has 0 amide bonds. The maximum absolute atomic E-state index is 11.4. The van der Waals surface area contributed by atoms with E-state index in [1.165, 1.54) is 7.11 Å². The number of hydrogen-bond donors (Lipinski definition) is 1. The van der Waals surface area contributed by atoms with Crippen molar-refractivity contribution >= 4 is 11.8 Å². The average Bonchev–Trinajstić information content (AvgIpc) is 3.09. The number of aryl methyl sites for hydroxylation is 1. The molecule has 2 aromatic heterocycles. The minimum Gasteiger partial charge on any atom is -0.465 e. The fraction of sp³-hybridized carbons (Fsp3) is 0.471. The molecule has 0 spiro atoms. The van der Waals surface area contributed by atoms with Crippen molar-refractivity contribution in [2.75, 3.05) is 45.3 Å². The number of aromatic nitrogens is 2. The summed E-state index contributed by atoms with van der Waals surface area (Å²) in [6.07, 6.45) is 0. The molecule has 0 saturated carbocycles. The summed E-state index contributed by atoms with van der Waals surface area (Å²) in [5.74, 6) is 1.88. The molecule has 1 aliphatic rings. The number of anilines is 1. The van der Waals surface area contributed by atoms with Crippen LogP contribution in [0.5, 0.6) is 0 Å². The van der Waals surface area contributed by atoms with Gasteiger partial charge in [-0.3, -0.25) is 4.90 Å². The van der Waals surface area contributed by atoms with Crippen molar-refractivity contribution in [1.29, 1.82) is 0 Å². The third kappa shape index (κ3) is 4.34. The Bertz CT molecular complexity index is 695. The second-order valence-electron chi connectivity index (χ2n) is 5.79. The van der Waals surface area contributed by atoms with Gasteiger partial charge >= 0.3 is 5.97 Å². The molecule has 3 heterocycles. The molecule has 2 aromatic rings. The third-order valence-corrected chi connectivity index (χ3v) is 4.11. The number of hydrogen-bond acceptors (Lipinski definition) is 8. The number of carbonyl (C=O) groups is 1. The van der Waals surface area contributed by atoms with E-state index in [9.17, 15) is 4.79 Å². The fourth-order valence-electron chi connectivity index (χ4n) is 2.77. The smallest absolute Gasteiger partial charge is 0.358 e. The van der Waals surface area contributed by atoms with E-state index in [0.29, 0.717) is 25.6 Å². The molecule has 134 valence electrons. The van der Waals surface area contributed by atoms with Crippen LogP contribution in [-0.4, -0.2) is 61.0 Å². The van der Waals surface area contributed by atoms with E-state index < -0.39 is 5.97 Å². The lowest BCUT2D eigenvalue weighted by Crippen LogP contribution is -2.41. The van der Waals surface area contributed by atoms with Crippen molar-refractivity contribution in [3.8, 4) is 0 Å². The lowest BCUT2D eigenvalue weighted by molar-refractivity contribution is 0.0143. The summed E-state index contributed by atoms with van der Waals surface area (Å²) in [5.41, 5.74) is 0.180. The highest BCUT2D eigenvalue weighted by atomic mass is 16.5. The zero-order chi connectivity index (χ0) is 17.6. The normalized spacial score (nSPS) is 16.4. The van der Waals surface area contributed by atoms with E-state index in [4.69, 9.17) is 9.15 Å². The van der Waals surface area contributed by atoms with Crippen LogP contribution in [0.2, 0.25) is 0 Å². The lowest BCUT2D eigenvalue weighted by atomic mass is 10.1. The van der Waals surface area contributed by atoms with E-state index in [1.807, 2.05) is 19.1 Å². The molecule has 3 rings (SSSR count). The van der Waals surface area contributed by atoms with Crippen LogP contribution in [0.25, 0.3) is 0 Å². The molecular weight excluding hydrogens is 324 g/mol. The summed E-state index contributed by atoms with van der Waals surface area (Å²) in [7, 11) is 1.31. The van der Waals surface area contributed by atoms with E-state index in [1.54, 1.807) is 12.1 Å². The molecule has 1 atom stereocenters. The maximum atomic E-state index is 11.4. The molecule has 0 bridgehead atoms. The monoisotopic (exact) mass is 346 g/mol. The number of ether oxygens (including phenoxy) is 2. The molecule has 8 nitrogen and oxygen atoms in total. The van der Waals surface area contributed by atoms with Crippen LogP contribution in [0.1, 0.15) is 28.1 Å². The molecule has 0 radical (unpaired) electrons. The fourth-order valence-corrected chi connectivity index (χ4v) is 2.77. The number of morpholine rings is 1. The number of rotatable bonds is 6. The van der Waals surface area contributed by atoms with E-state index in [0.717, 1.165) is 24.6 Å². The van der Waals surface area contributed by atoms with Gasteiger partial charge < -0.3 is 19.2 Å². The molecule has 0 aromatic carbocycles. The molecule has 1 aliphatic heterocycles. The number of furan rings is 1. The van der Waals surface area contributed by atoms with E-state index in [2.05, 4.69) is 25.2 Å². The van der Waals surface area contributed by atoms with Gasteiger partial charge in [0, 0.05) is 19.6 Å². The average molecular weight is 346 g/mol. The van der Waals surface area contributed by atoms with E-state index in [-0.39, 0.29) is 11.7 Å². The molecule has 1 saturated heterocycles. The minimum atomic E-state index is -0.503. The second-order valence-corrected chi connectivity index (χ2v) is 5.79. The summed E-state index contributed by atoms with van der Waals surface area (Å²) in [4.78, 5) is 13.7. The molecule has 0 unspecified atom stereocenters. The summed E-state index contributed by atoms with van der Waals surface area (Å²) in [6.45, 7) is 5.66. The zero-order valence-corrected chi connectivity index (χ0v) is 14.4. The van der Waals surface area contributed by atoms with E-state index >= 15 is 0 Å². The van der Waals surface area contributed by atoms with Crippen LogP contribution in [0.4, 0.5) is 5.82 Å². The molecule has 25 heavy (non-hydrogen) atoms. The van der Waals surface area contributed by atoms with Gasteiger partial charge in [-0.15, -0.1) is 10.2 Å². The van der Waals surface area contributed by atoms with Crippen LogP contribution in [0, 0.1) is 6.92 Å². The number of nitrogens with zero attached hydrogens (tertiary/aromatic N) is 3. The summed E-state index contributed by atoms with van der Waals surface area (Å²) < 4.78 is 15.9. The summed E-state index contributed by atoms with van der Waals surface area (Å²) in [6, 6.07) is 7.33. The van der Waals surface area contributed by atoms with Crippen molar-refractivity contribution in [2.45, 2.75) is 13.0 Å². The Hall–Kier alpha value is -2.45. The first-order valence-corrected chi connectivity index (χ1v) is 8.21. The van der Waals surface area contributed by atoms with Gasteiger partial charge in [0.25, 0.3) is 0 Å². The Morgan fingerprint density at radius 1 is 1.28 bits per heavy atom. The Labute approximate surface area is 146 Å². The third-order valence-electron chi connectivity index (χ3n) is 4.11. The van der Waals surface area contributed by atoms with Crippen molar-refractivity contribution in [1.82, 2.24) is 15.1 Å². The highest BCUT2D eigenvalue weighted by Gasteiger charge is 2.25. The van der Waals surface area contributed by atoms with Gasteiger partial charge in [-0.05, 0) is 31.2 Å². The van der Waals surface area contributed by atoms with Crippen LogP contribution in [0.15, 0.2) is 28.7 Å². The van der Waals surface area contributed by atoms with Crippen molar-refractivity contribution in [3.05, 3.63) is 41.5 Å². The first-order valence-electron chi connectivity index (χ1n) is 8.21. The van der Waals surface area contributed by atoms with Crippen LogP contribution in [-0.2, 0) is 9.47 Å². The Balaban J connectivity index is 1.68. The van der Waals surface area contributed by atoms with Gasteiger partial charge in [0.05, 0.1) is 26.4 Å². The maximum Gasteiger partial charge on any atom is 0.358 e. The van der Waals surface area contributed by atoms with Gasteiger partial charge in [-0.1, -0.05) is 0 Å². The minimum absolute atomic E-state index is 0.0692. The van der Waals surface area contributed by atoms with Crippen LogP contribution < -0.4 is 5.32 Å². The number of methoxy groups -OCH3 is 1. The Morgan fingerprint density at radius 2 is 2.08 bits per heavy atom. The number of carbonyl (C=O) groups excluding carboxylic acids is 1. The molecule has 8 heteroatoms. The highest BCUT2D eigenvalue weighted by molar-refractivity contribution is 5.86. The van der Waals surface area contributed by atoms with Crippen molar-refractivity contribution in [2.24, 2.45) is 0 Å². The van der Waals surface area contributed by atoms with Crippen molar-refractivity contribution in [3.63, 3.8) is 0 Å². The first-order chi connectivity index (χ1) is 12.2. The van der Waals surface area contributed by atoms with Gasteiger partial charge in [0.2, 0.25) is 0 Å². The summed E-state index contributed by atoms with van der Waals surface area (Å²) >= 11 is 0. The first kappa shape index (κ1) is 17.4. The standard InChI is InChI=1S/C17H22N4O4/c1-12-3-5-15(25-12)14(21-7-9-24-10-8-21)11-18-16-6-4-13(19-20-16)17(22)23-2/h3-6,14H,7-11H2,1-2H3,(H,18,20)/t14-/m1/s1. The zero-order valence-electron chi connectivity index (χ0n) is 14.4. The molecule has 0 aliphatic carbocycles. The van der Waals surface area contributed by atoms with Gasteiger partial charge in [-0.2, -0.15) is 0 Å². The van der Waals surface area contributed by atoms with Gasteiger partial charge in [0.15, 0.2) is 5.69 Å². The number of nitrogens with one attached hydrogen (secondary N) is 1. The Morgan fingerprint density at radius 3 is 2.68 bits per heavy atom. The molecule has 1 fully saturated rings. The molecular formula is C17H22N4O4.